The van der Waals surface area contributed by atoms with Gasteiger partial charge in [-0.3, -0.25) is 23.0 Å². The van der Waals surface area contributed by atoms with Gasteiger partial charge >= 0.3 is 13.4 Å². The van der Waals surface area contributed by atoms with Crippen molar-refractivity contribution in [2.24, 2.45) is 0 Å². The molecule has 0 radical (unpaired) electrons. The number of nitrogens with two attached hydrogens (primary N) is 1. The lowest BCUT2D eigenvalue weighted by Crippen LogP contribution is -2.45. The second-order valence-electron chi connectivity index (χ2n) is 11.6. The van der Waals surface area contributed by atoms with E-state index in [0.717, 1.165) is 0 Å². The normalized spacial score (nSPS) is 38.7. The third-order valence-electron chi connectivity index (χ3n) is 8.74. The van der Waals surface area contributed by atoms with Crippen LogP contribution < -0.4 is 11.3 Å². The number of aromatic nitrogens is 8. The molecule has 9 heterocycles. The number of hydrogen-bond donors (Lipinski definition) is 4. The minimum absolute atomic E-state index is 0.00345. The lowest BCUT2D eigenvalue weighted by Gasteiger charge is -2.33. The first-order valence-corrected chi connectivity index (χ1v) is 19.5. The number of H-pyrrole nitrogens is 1. The molecule has 0 aromatic carbocycles. The molecule has 0 amide bonds. The van der Waals surface area contributed by atoms with Crippen LogP contribution in [0, 0.1) is 0 Å². The molecule has 48 heavy (non-hydrogen) atoms. The number of nitrogens with zero attached hydrogens (tertiary/aromatic N) is 7. The molecular formula is C24H24FN9O10P2S2. The fourth-order valence-electron chi connectivity index (χ4n) is 6.51. The fraction of sp³-hybridized carbons (Fsp3) is 0.458. The Morgan fingerprint density at radius 1 is 1.00 bits per heavy atom. The number of nitrogen functional groups attached to an aromatic ring is 1. The quantitative estimate of drug-likeness (QED) is 0.181. The molecule has 24 heteroatoms. The second kappa shape index (κ2) is 10.8. The summed E-state index contributed by atoms with van der Waals surface area (Å²) in [5.41, 5.74) is 5.45. The van der Waals surface area contributed by atoms with E-state index in [4.69, 9.17) is 61.7 Å². The van der Waals surface area contributed by atoms with Crippen LogP contribution in [0.25, 0.3) is 28.1 Å². The van der Waals surface area contributed by atoms with Crippen LogP contribution in [-0.4, -0.2) is 104 Å². The first-order valence-electron chi connectivity index (χ1n) is 14.3. The van der Waals surface area contributed by atoms with Gasteiger partial charge in [-0.2, -0.15) is 0 Å². The number of pyridine rings is 1. The molecule has 4 aliphatic heterocycles. The molecule has 9 rings (SSSR count). The third kappa shape index (κ3) is 4.75. The molecule has 19 nitrogen and oxygen atoms in total. The smallest absolute Gasteiger partial charge is 0.325 e. The van der Waals surface area contributed by atoms with Crippen LogP contribution in [0.5, 0.6) is 0 Å². The molecule has 0 spiro atoms. The van der Waals surface area contributed by atoms with Gasteiger partial charge in [-0.25, -0.2) is 28.7 Å². The highest BCUT2D eigenvalue weighted by atomic mass is 32.5. The maximum absolute atomic E-state index is 16.1. The fourth-order valence-corrected chi connectivity index (χ4v) is 9.39. The summed E-state index contributed by atoms with van der Waals surface area (Å²) >= 11 is 10.7. The van der Waals surface area contributed by atoms with Gasteiger partial charge in [0.1, 0.15) is 41.2 Å². The topological polar surface area (TPSA) is 230 Å². The van der Waals surface area contributed by atoms with Gasteiger partial charge in [-0.15, -0.1) is 0 Å². The van der Waals surface area contributed by atoms with Gasteiger partial charge in [0.2, 0.25) is 5.78 Å². The molecule has 0 aliphatic carbocycles. The largest absolute Gasteiger partial charge is 0.397 e. The van der Waals surface area contributed by atoms with Crippen LogP contribution in [0.15, 0.2) is 42.1 Å². The molecule has 5 aromatic heterocycles. The first-order chi connectivity index (χ1) is 22.9. The number of aromatic amines is 1. The molecule has 4 saturated heterocycles. The van der Waals surface area contributed by atoms with Crippen LogP contribution in [0.2, 0.25) is 0 Å². The van der Waals surface area contributed by atoms with Crippen LogP contribution in [-0.2, 0) is 55.9 Å². The van der Waals surface area contributed by atoms with Gasteiger partial charge in [-0.05, 0) is 29.7 Å². The third-order valence-corrected chi connectivity index (χ3v) is 11.8. The highest BCUT2D eigenvalue weighted by molar-refractivity contribution is 8.07. The molecule has 0 saturated carbocycles. The van der Waals surface area contributed by atoms with Crippen LogP contribution in [0.3, 0.4) is 0 Å². The zero-order valence-electron chi connectivity index (χ0n) is 24.1. The van der Waals surface area contributed by atoms with E-state index >= 15 is 4.39 Å². The number of halogens is 1. The molecule has 4 fully saturated rings. The molecule has 5 N–H and O–H groups in total. The summed E-state index contributed by atoms with van der Waals surface area (Å²) in [5.74, 6) is 0.195. The highest BCUT2D eigenvalue weighted by Gasteiger charge is 2.65. The highest BCUT2D eigenvalue weighted by Crippen LogP contribution is 2.58. The molecular weight excluding hydrogens is 719 g/mol. The maximum Gasteiger partial charge on any atom is 0.325 e. The number of fused-ring (bicyclic) bond motifs is 5. The Kier molecular flexibility index (Phi) is 7.04. The van der Waals surface area contributed by atoms with Crippen molar-refractivity contribution in [1.29, 1.82) is 0 Å². The summed E-state index contributed by atoms with van der Waals surface area (Å²) in [6, 6.07) is 1.60. The van der Waals surface area contributed by atoms with Crippen molar-refractivity contribution >= 4 is 70.8 Å². The predicted octanol–water partition coefficient (Wildman–Crippen LogP) is 0.552. The molecule has 10 atom stereocenters. The molecule has 4 aliphatic rings. The number of imidazole rings is 3. The van der Waals surface area contributed by atoms with Gasteiger partial charge < -0.3 is 43.8 Å². The number of ether oxygens (including phenoxy) is 3. The maximum atomic E-state index is 16.1. The SMILES string of the molecule is Nc1ccnc2c1ncn2[C@@H]1O[C@@]23CO[C@@H]1[C@@H]2OP(O)(=S)OC[C@H]1O[C@@H](n2cnc4c(=O)n5ccnc5[nH]c42)[C@H](OP(O)(=S)OC3)[C@@H]1F. The van der Waals surface area contributed by atoms with E-state index in [0.29, 0.717) is 16.9 Å². The lowest BCUT2D eigenvalue weighted by atomic mass is 10.0. The summed E-state index contributed by atoms with van der Waals surface area (Å²) in [7, 11) is 0. The summed E-state index contributed by atoms with van der Waals surface area (Å²) in [4.78, 5) is 55.5. The lowest BCUT2D eigenvalue weighted by molar-refractivity contribution is -0.183. The average Bonchev–Trinajstić information content (AvgIpc) is 3.89. The van der Waals surface area contributed by atoms with E-state index in [1.165, 1.54) is 40.2 Å². The Hall–Kier alpha value is -2.82. The standard InChI is InChI=1S/C24H24FN9O10P2S2/c25-12-11-5-39-45(36,47)44-17-16-22(33-8-29-13-10(26)1-2-27-18(13)33)42-24(17,6-38-16)7-40-46(37,48)43-15(12)21(41-11)34-9-30-14-19(34)31-23-28-3-4-32(23)20(14)35/h1-4,8-9,11-12,15-17,21-22H,5-7H2,(H2,26,27)(H,28,31)(H,36,47)(H,37,48)/t11-,12-,15-,16-,17+,21-,22-,24-,45?,46?/m1/s1. The van der Waals surface area contributed by atoms with Crippen LogP contribution >= 0.6 is 13.4 Å². The molecule has 2 unspecified atom stereocenters. The molecule has 4 bridgehead atoms. The Balaban J connectivity index is 1.07. The second-order valence-corrected chi connectivity index (χ2v) is 17.2. The number of nitrogens with one attached hydrogen (secondary N) is 1. The predicted molar refractivity (Wildman–Crippen MR) is 167 cm³/mol. The van der Waals surface area contributed by atoms with Crippen molar-refractivity contribution in [3.63, 3.8) is 0 Å². The minimum Gasteiger partial charge on any atom is -0.397 e. The van der Waals surface area contributed by atoms with E-state index in [1.54, 1.807) is 10.6 Å². The number of anilines is 1. The monoisotopic (exact) mass is 743 g/mol. The minimum atomic E-state index is -4.29. The Labute approximate surface area is 277 Å². The van der Waals surface area contributed by atoms with Gasteiger partial charge in [0.15, 0.2) is 29.8 Å². The van der Waals surface area contributed by atoms with Gasteiger partial charge in [0.05, 0.1) is 38.2 Å². The molecule has 254 valence electrons. The Morgan fingerprint density at radius 2 is 1.79 bits per heavy atom. The summed E-state index contributed by atoms with van der Waals surface area (Å²) in [6.45, 7) is -9.61. The summed E-state index contributed by atoms with van der Waals surface area (Å²) in [6.07, 6.45) is -2.14. The van der Waals surface area contributed by atoms with Crippen molar-refractivity contribution in [2.75, 3.05) is 25.6 Å². The van der Waals surface area contributed by atoms with Crippen molar-refractivity contribution in [3.8, 4) is 0 Å². The number of hydrogen-bond acceptors (Lipinski definition) is 15. The van der Waals surface area contributed by atoms with Crippen LogP contribution in [0.4, 0.5) is 10.1 Å². The van der Waals surface area contributed by atoms with E-state index in [1.807, 2.05) is 0 Å². The number of rotatable bonds is 2. The van der Waals surface area contributed by atoms with E-state index in [9.17, 15) is 14.6 Å². The van der Waals surface area contributed by atoms with Crippen molar-refractivity contribution in [3.05, 3.63) is 47.7 Å². The van der Waals surface area contributed by atoms with E-state index in [-0.39, 0.29) is 23.5 Å². The number of alkyl halides is 1. The van der Waals surface area contributed by atoms with Crippen LogP contribution in [0.1, 0.15) is 12.5 Å². The van der Waals surface area contributed by atoms with Crippen molar-refractivity contribution in [1.82, 2.24) is 38.5 Å². The Bertz CT molecular complexity index is 2270. The van der Waals surface area contributed by atoms with Gasteiger partial charge in [0, 0.05) is 18.6 Å². The van der Waals surface area contributed by atoms with E-state index < -0.39 is 80.9 Å². The summed E-state index contributed by atoms with van der Waals surface area (Å²) < 4.78 is 62.0. The first kappa shape index (κ1) is 31.2. The molecule has 5 aromatic rings. The van der Waals surface area contributed by atoms with Gasteiger partial charge in [0.25, 0.3) is 5.56 Å². The average molecular weight is 744 g/mol. The summed E-state index contributed by atoms with van der Waals surface area (Å²) in [5, 5.41) is 0. The zero-order valence-corrected chi connectivity index (χ0v) is 27.5. The van der Waals surface area contributed by atoms with E-state index in [2.05, 4.69) is 24.9 Å². The van der Waals surface area contributed by atoms with Crippen molar-refractivity contribution < 1.29 is 46.5 Å². The Morgan fingerprint density at radius 3 is 2.65 bits per heavy atom. The van der Waals surface area contributed by atoms with Gasteiger partial charge in [-0.1, -0.05) is 0 Å². The zero-order chi connectivity index (χ0) is 33.2. The van der Waals surface area contributed by atoms with Crippen molar-refractivity contribution in [2.45, 2.75) is 48.6 Å².